The summed E-state index contributed by atoms with van der Waals surface area (Å²) in [6.07, 6.45) is 0.447. The Bertz CT molecular complexity index is 1100. The SMILES string of the molecule is CCCN(CCC)C(=O)c1cc(C)cc(C(=O)N[C@@H](Cc2cc(F)cc(F)c2)[C@H](O)CNCCN(CCO)CCO)c1. The molecule has 42 heavy (non-hydrogen) atoms. The molecule has 0 saturated heterocycles. The van der Waals surface area contributed by atoms with Gasteiger partial charge in [-0.1, -0.05) is 13.8 Å². The van der Waals surface area contributed by atoms with Crippen molar-refractivity contribution in [2.75, 3.05) is 59.0 Å². The van der Waals surface area contributed by atoms with Crippen LogP contribution in [0.15, 0.2) is 36.4 Å². The molecule has 2 rings (SSSR count). The van der Waals surface area contributed by atoms with Crippen molar-refractivity contribution in [2.24, 2.45) is 0 Å². The van der Waals surface area contributed by atoms with Crippen LogP contribution in [0.25, 0.3) is 0 Å². The summed E-state index contributed by atoms with van der Waals surface area (Å²) >= 11 is 0. The van der Waals surface area contributed by atoms with Crippen LogP contribution in [0.4, 0.5) is 8.78 Å². The van der Waals surface area contributed by atoms with Gasteiger partial charge in [0.2, 0.25) is 0 Å². The molecule has 0 aliphatic rings. The summed E-state index contributed by atoms with van der Waals surface area (Å²) in [4.78, 5) is 30.2. The predicted octanol–water partition coefficient (Wildman–Crippen LogP) is 2.11. The monoisotopic (exact) mass is 592 g/mol. The number of rotatable bonds is 19. The van der Waals surface area contributed by atoms with E-state index in [1.165, 1.54) is 6.07 Å². The molecular formula is C31H46F2N4O5. The van der Waals surface area contributed by atoms with Crippen LogP contribution in [0, 0.1) is 18.6 Å². The van der Waals surface area contributed by atoms with E-state index in [9.17, 15) is 33.7 Å². The highest BCUT2D eigenvalue weighted by Crippen LogP contribution is 2.16. The lowest BCUT2D eigenvalue weighted by Gasteiger charge is -2.26. The van der Waals surface area contributed by atoms with Crippen LogP contribution in [-0.4, -0.2) is 108 Å². The van der Waals surface area contributed by atoms with Gasteiger partial charge in [0, 0.05) is 63.0 Å². The van der Waals surface area contributed by atoms with Gasteiger partial charge in [0.15, 0.2) is 0 Å². The van der Waals surface area contributed by atoms with Gasteiger partial charge in [-0.05, 0) is 67.6 Å². The van der Waals surface area contributed by atoms with E-state index in [0.717, 1.165) is 36.6 Å². The first-order chi connectivity index (χ1) is 20.1. The van der Waals surface area contributed by atoms with Gasteiger partial charge in [-0.3, -0.25) is 14.5 Å². The predicted molar refractivity (Wildman–Crippen MR) is 158 cm³/mol. The number of nitrogens with zero attached hydrogens (tertiary/aromatic N) is 2. The molecule has 0 aliphatic heterocycles. The number of hydrogen-bond acceptors (Lipinski definition) is 7. The third-order valence-corrected chi connectivity index (χ3v) is 6.81. The highest BCUT2D eigenvalue weighted by molar-refractivity contribution is 6.00. The summed E-state index contributed by atoms with van der Waals surface area (Å²) < 4.78 is 27.8. The van der Waals surface area contributed by atoms with Gasteiger partial charge in [0.25, 0.3) is 11.8 Å². The van der Waals surface area contributed by atoms with Crippen molar-refractivity contribution in [1.82, 2.24) is 20.4 Å². The van der Waals surface area contributed by atoms with E-state index in [-0.39, 0.29) is 43.2 Å². The minimum Gasteiger partial charge on any atom is -0.395 e. The normalized spacial score (nSPS) is 12.8. The molecule has 5 N–H and O–H groups in total. The lowest BCUT2D eigenvalue weighted by atomic mass is 9.99. The molecule has 0 spiro atoms. The van der Waals surface area contributed by atoms with Crippen LogP contribution in [0.2, 0.25) is 0 Å². The fourth-order valence-electron chi connectivity index (χ4n) is 4.84. The van der Waals surface area contributed by atoms with Crippen LogP contribution in [0.3, 0.4) is 0 Å². The van der Waals surface area contributed by atoms with Gasteiger partial charge >= 0.3 is 0 Å². The van der Waals surface area contributed by atoms with Crippen molar-refractivity contribution in [3.05, 3.63) is 70.3 Å². The fourth-order valence-corrected chi connectivity index (χ4v) is 4.84. The molecule has 0 unspecified atom stereocenters. The Hall–Kier alpha value is -2.96. The van der Waals surface area contributed by atoms with Crippen LogP contribution in [-0.2, 0) is 6.42 Å². The number of benzene rings is 2. The molecule has 234 valence electrons. The zero-order valence-corrected chi connectivity index (χ0v) is 24.9. The van der Waals surface area contributed by atoms with Crippen molar-refractivity contribution < 1.29 is 33.7 Å². The van der Waals surface area contributed by atoms with Crippen LogP contribution < -0.4 is 10.6 Å². The molecule has 0 saturated carbocycles. The van der Waals surface area contributed by atoms with Crippen molar-refractivity contribution in [3.8, 4) is 0 Å². The second-order valence-electron chi connectivity index (χ2n) is 10.5. The topological polar surface area (TPSA) is 125 Å². The molecule has 0 fully saturated rings. The number of aryl methyl sites for hydroxylation is 1. The van der Waals surface area contributed by atoms with Crippen LogP contribution in [0.1, 0.15) is 58.5 Å². The highest BCUT2D eigenvalue weighted by atomic mass is 19.1. The van der Waals surface area contributed by atoms with Crippen molar-refractivity contribution >= 4 is 11.8 Å². The Morgan fingerprint density at radius 3 is 2.02 bits per heavy atom. The summed E-state index contributed by atoms with van der Waals surface area (Å²) in [5.74, 6) is -2.21. The zero-order chi connectivity index (χ0) is 31.1. The Balaban J connectivity index is 2.22. The number of carbonyl (C=O) groups is 2. The summed E-state index contributed by atoms with van der Waals surface area (Å²) in [6.45, 7) is 8.67. The molecule has 11 heteroatoms. The Morgan fingerprint density at radius 1 is 0.857 bits per heavy atom. The van der Waals surface area contributed by atoms with E-state index < -0.39 is 29.7 Å². The minimum atomic E-state index is -1.13. The first-order valence-corrected chi connectivity index (χ1v) is 14.6. The molecule has 0 heterocycles. The molecule has 9 nitrogen and oxygen atoms in total. The zero-order valence-electron chi connectivity index (χ0n) is 24.9. The standard InChI is InChI=1S/C31H46F2N4O5/c1-4-7-37(8-5-2)31(42)25-15-22(3)14-24(19-25)30(41)35-28(18-23-16-26(32)20-27(33)17-23)29(40)21-34-6-9-36(10-12-38)11-13-39/h14-17,19-20,28-29,34,38-40H,4-13,18,21H2,1-3H3,(H,35,41)/t28-,29+/m0/s1. The number of hydrogen-bond donors (Lipinski definition) is 5. The van der Waals surface area contributed by atoms with E-state index in [1.54, 1.807) is 24.0 Å². The maximum atomic E-state index is 13.9. The number of aliphatic hydroxyl groups excluding tert-OH is 3. The minimum absolute atomic E-state index is 0.0389. The van der Waals surface area contributed by atoms with E-state index >= 15 is 0 Å². The number of aliphatic hydroxyl groups is 3. The Morgan fingerprint density at radius 2 is 1.45 bits per heavy atom. The molecule has 0 radical (unpaired) electrons. The maximum absolute atomic E-state index is 13.9. The van der Waals surface area contributed by atoms with Gasteiger partial charge in [0.1, 0.15) is 11.6 Å². The number of nitrogens with one attached hydrogen (secondary N) is 2. The van der Waals surface area contributed by atoms with Crippen molar-refractivity contribution in [1.29, 1.82) is 0 Å². The molecule has 0 bridgehead atoms. The third-order valence-electron chi connectivity index (χ3n) is 6.81. The highest BCUT2D eigenvalue weighted by Gasteiger charge is 2.24. The van der Waals surface area contributed by atoms with E-state index in [1.807, 2.05) is 18.7 Å². The number of carbonyl (C=O) groups excluding carboxylic acids is 2. The maximum Gasteiger partial charge on any atom is 0.253 e. The molecule has 2 atom stereocenters. The molecule has 2 amide bonds. The second-order valence-corrected chi connectivity index (χ2v) is 10.5. The molecule has 2 aromatic rings. The summed E-state index contributed by atoms with van der Waals surface area (Å²) in [5.41, 5.74) is 1.62. The van der Waals surface area contributed by atoms with Crippen molar-refractivity contribution in [3.63, 3.8) is 0 Å². The van der Waals surface area contributed by atoms with E-state index in [0.29, 0.717) is 44.8 Å². The second kappa shape index (κ2) is 18.6. The smallest absolute Gasteiger partial charge is 0.253 e. The first-order valence-electron chi connectivity index (χ1n) is 14.6. The Kier molecular flexibility index (Phi) is 15.6. The number of halogens is 2. The summed E-state index contributed by atoms with van der Waals surface area (Å²) in [5, 5.41) is 35.3. The van der Waals surface area contributed by atoms with Gasteiger partial charge in [-0.2, -0.15) is 0 Å². The third kappa shape index (κ3) is 11.7. The van der Waals surface area contributed by atoms with Gasteiger partial charge < -0.3 is 30.9 Å². The van der Waals surface area contributed by atoms with Crippen LogP contribution in [0.5, 0.6) is 0 Å². The van der Waals surface area contributed by atoms with Gasteiger partial charge in [-0.15, -0.1) is 0 Å². The summed E-state index contributed by atoms with van der Waals surface area (Å²) in [6, 6.07) is 7.08. The molecule has 0 aliphatic carbocycles. The van der Waals surface area contributed by atoms with Crippen LogP contribution >= 0.6 is 0 Å². The average Bonchev–Trinajstić information content (AvgIpc) is 2.93. The summed E-state index contributed by atoms with van der Waals surface area (Å²) in [7, 11) is 0. The van der Waals surface area contributed by atoms with E-state index in [4.69, 9.17) is 0 Å². The lowest BCUT2D eigenvalue weighted by molar-refractivity contribution is 0.0755. The Labute approximate surface area is 247 Å². The van der Waals surface area contributed by atoms with E-state index in [2.05, 4.69) is 10.6 Å². The van der Waals surface area contributed by atoms with Gasteiger partial charge in [0.05, 0.1) is 25.4 Å². The average molecular weight is 593 g/mol. The first kappa shape index (κ1) is 35.2. The molecular weight excluding hydrogens is 546 g/mol. The fraction of sp³-hybridized carbons (Fsp3) is 0.548. The number of amides is 2. The van der Waals surface area contributed by atoms with Gasteiger partial charge in [-0.25, -0.2) is 8.78 Å². The molecule has 2 aromatic carbocycles. The molecule has 0 aromatic heterocycles. The van der Waals surface area contributed by atoms with Crippen molar-refractivity contribution in [2.45, 2.75) is 52.2 Å². The largest absolute Gasteiger partial charge is 0.395 e. The quantitative estimate of drug-likeness (QED) is 0.158. The lowest BCUT2D eigenvalue weighted by Crippen LogP contribution is -2.49.